The summed E-state index contributed by atoms with van der Waals surface area (Å²) < 4.78 is 0. The highest BCUT2D eigenvalue weighted by Gasteiger charge is 2.78. The lowest BCUT2D eigenvalue weighted by atomic mass is 9.55. The van der Waals surface area contributed by atoms with Gasteiger partial charge in [-0.15, -0.1) is 11.8 Å². The molecule has 7 rings (SSSR count). The summed E-state index contributed by atoms with van der Waals surface area (Å²) in [5.74, 6) is 1.55. The van der Waals surface area contributed by atoms with Crippen LogP contribution in [0.15, 0.2) is 78.4 Å². The third-order valence-corrected chi connectivity index (χ3v) is 10.5. The van der Waals surface area contributed by atoms with E-state index in [0.29, 0.717) is 13.1 Å². The topological polar surface area (TPSA) is 52.7 Å². The molecule has 4 aliphatic heterocycles. The van der Waals surface area contributed by atoms with Gasteiger partial charge in [-0.2, -0.15) is 0 Å². The fraction of sp³-hybridized carbons (Fsp3) is 0.333. The number of benzene rings is 3. The second-order valence-electron chi connectivity index (χ2n) is 11.6. The molecule has 3 aromatic rings. The molecule has 0 unspecified atom stereocenters. The summed E-state index contributed by atoms with van der Waals surface area (Å²) in [4.78, 5) is 34.6. The molecule has 4 aliphatic rings. The number of nitrogens with zero attached hydrogens (tertiary/aromatic N) is 2. The predicted molar refractivity (Wildman–Crippen MR) is 158 cm³/mol. The Kier molecular flexibility index (Phi) is 5.67. The summed E-state index contributed by atoms with van der Waals surface area (Å²) in [6.07, 6.45) is 2.08. The predicted octanol–water partition coefficient (Wildman–Crippen LogP) is 5.21. The van der Waals surface area contributed by atoms with Gasteiger partial charge in [-0.05, 0) is 55.3 Å². The number of hydrogen-bond acceptors (Lipinski definition) is 5. The van der Waals surface area contributed by atoms with Crippen LogP contribution >= 0.6 is 11.8 Å². The first kappa shape index (κ1) is 24.8. The fourth-order valence-corrected chi connectivity index (χ4v) is 9.34. The van der Waals surface area contributed by atoms with Gasteiger partial charge in [0.2, 0.25) is 0 Å². The van der Waals surface area contributed by atoms with Crippen molar-refractivity contribution < 1.29 is 9.59 Å². The molecule has 4 atom stereocenters. The first-order chi connectivity index (χ1) is 18.9. The molecule has 3 aromatic carbocycles. The van der Waals surface area contributed by atoms with Gasteiger partial charge in [0.15, 0.2) is 5.78 Å². The molecule has 1 N–H and O–H groups in total. The van der Waals surface area contributed by atoms with Crippen LogP contribution in [0.2, 0.25) is 0 Å². The Labute approximate surface area is 234 Å². The molecule has 1 amide bonds. The molecule has 5 nitrogen and oxygen atoms in total. The molecule has 39 heavy (non-hydrogen) atoms. The van der Waals surface area contributed by atoms with Crippen molar-refractivity contribution in [2.24, 2.45) is 5.41 Å². The standard InChI is InChI=1S/C33H33N3O2S/c1-21-10-4-6-12-23(21)16-24-17-35(3)19-32(30(24)37)29(25-13-7-5-11-22(25)2)28-18-39-20-36(28)33(32)26-14-8-9-15-27(26)34-31(33)38/h4-16,28-29H,17-20H2,1-3H3,(H,34,38)/b24-16+/t28-,29-,32-,33-/m0/s1. The second-order valence-corrected chi connectivity index (χ2v) is 12.6. The zero-order valence-electron chi connectivity index (χ0n) is 22.6. The third kappa shape index (κ3) is 3.22. The van der Waals surface area contributed by atoms with E-state index < -0.39 is 11.0 Å². The monoisotopic (exact) mass is 535 g/mol. The number of hydrogen-bond donors (Lipinski definition) is 1. The molecule has 0 saturated carbocycles. The zero-order chi connectivity index (χ0) is 26.9. The summed E-state index contributed by atoms with van der Waals surface area (Å²) in [6.45, 7) is 5.31. The highest BCUT2D eigenvalue weighted by atomic mass is 32.2. The molecule has 0 aliphatic carbocycles. The van der Waals surface area contributed by atoms with Crippen molar-refractivity contribution >= 4 is 35.2 Å². The Balaban J connectivity index is 1.55. The molecule has 0 aromatic heterocycles. The minimum absolute atomic E-state index is 0.0637. The largest absolute Gasteiger partial charge is 0.324 e. The van der Waals surface area contributed by atoms with Crippen molar-refractivity contribution in [3.8, 4) is 0 Å². The lowest BCUT2D eigenvalue weighted by molar-refractivity contribution is -0.146. The molecule has 2 spiro atoms. The molecule has 4 heterocycles. The van der Waals surface area contributed by atoms with Gasteiger partial charge in [0.1, 0.15) is 5.54 Å². The summed E-state index contributed by atoms with van der Waals surface area (Å²) in [5.41, 5.74) is 5.03. The van der Waals surface area contributed by atoms with E-state index in [-0.39, 0.29) is 23.7 Å². The van der Waals surface area contributed by atoms with E-state index >= 15 is 4.79 Å². The van der Waals surface area contributed by atoms with Crippen molar-refractivity contribution in [3.63, 3.8) is 0 Å². The summed E-state index contributed by atoms with van der Waals surface area (Å²) >= 11 is 1.87. The maximum atomic E-state index is 15.3. The number of thioether (sulfide) groups is 1. The normalized spacial score (nSPS) is 31.3. The van der Waals surface area contributed by atoms with Crippen molar-refractivity contribution in [1.29, 1.82) is 0 Å². The van der Waals surface area contributed by atoms with E-state index in [9.17, 15) is 4.79 Å². The van der Waals surface area contributed by atoms with Gasteiger partial charge in [0, 0.05) is 53.5 Å². The van der Waals surface area contributed by atoms with Gasteiger partial charge >= 0.3 is 0 Å². The minimum Gasteiger partial charge on any atom is -0.324 e. The van der Waals surface area contributed by atoms with E-state index in [1.165, 1.54) is 11.1 Å². The number of para-hydroxylation sites is 1. The smallest absolute Gasteiger partial charge is 0.250 e. The van der Waals surface area contributed by atoms with Crippen LogP contribution < -0.4 is 5.32 Å². The maximum absolute atomic E-state index is 15.3. The number of anilines is 1. The number of likely N-dealkylation sites (N-methyl/N-ethyl adjacent to an activating group) is 1. The van der Waals surface area contributed by atoms with Gasteiger partial charge in [0.05, 0.1) is 5.41 Å². The van der Waals surface area contributed by atoms with Crippen molar-refractivity contribution in [3.05, 3.63) is 106 Å². The zero-order valence-corrected chi connectivity index (χ0v) is 23.4. The Hall–Kier alpha value is -3.19. The van der Waals surface area contributed by atoms with Crippen LogP contribution in [0.1, 0.15) is 33.7 Å². The Morgan fingerprint density at radius 2 is 1.67 bits per heavy atom. The SMILES string of the molecule is Cc1ccccc1/C=C1\CN(C)C[C@@]2(C1=O)[C@@H](c1ccccc1C)[C@@H]1CSCN1[C@@]21C(=O)Nc2ccccc21. The van der Waals surface area contributed by atoms with Crippen LogP contribution in [0.5, 0.6) is 0 Å². The van der Waals surface area contributed by atoms with Gasteiger partial charge in [-0.1, -0.05) is 66.7 Å². The summed E-state index contributed by atoms with van der Waals surface area (Å²) in [7, 11) is 2.10. The average Bonchev–Trinajstić information content (AvgIpc) is 3.57. The van der Waals surface area contributed by atoms with Crippen LogP contribution in [0.25, 0.3) is 6.08 Å². The molecule has 3 fully saturated rings. The molecule has 6 heteroatoms. The number of nitrogens with one attached hydrogen (secondary N) is 1. The van der Waals surface area contributed by atoms with Gasteiger partial charge in [-0.3, -0.25) is 14.5 Å². The first-order valence-corrected chi connectivity index (χ1v) is 14.9. The van der Waals surface area contributed by atoms with Gasteiger partial charge < -0.3 is 10.2 Å². The van der Waals surface area contributed by atoms with E-state index in [0.717, 1.165) is 39.6 Å². The number of fused-ring (bicyclic) bond motifs is 5. The molecular formula is C33H33N3O2S. The van der Waals surface area contributed by atoms with Crippen LogP contribution in [-0.2, 0) is 15.1 Å². The fourth-order valence-electron chi connectivity index (χ4n) is 8.04. The number of amides is 1. The van der Waals surface area contributed by atoms with Crippen LogP contribution in [0, 0.1) is 19.3 Å². The maximum Gasteiger partial charge on any atom is 0.250 e. The average molecular weight is 536 g/mol. The van der Waals surface area contributed by atoms with E-state index in [1.807, 2.05) is 42.1 Å². The van der Waals surface area contributed by atoms with Crippen molar-refractivity contribution in [2.75, 3.05) is 37.1 Å². The number of piperidine rings is 1. The quantitative estimate of drug-likeness (QED) is 0.457. The number of rotatable bonds is 2. The first-order valence-electron chi connectivity index (χ1n) is 13.7. The molecule has 0 bridgehead atoms. The number of likely N-dealkylation sites (tertiary alicyclic amines) is 1. The number of aryl methyl sites for hydroxylation is 2. The van der Waals surface area contributed by atoms with Crippen molar-refractivity contribution in [2.45, 2.75) is 31.3 Å². The van der Waals surface area contributed by atoms with Gasteiger partial charge in [0.25, 0.3) is 5.91 Å². The highest BCUT2D eigenvalue weighted by molar-refractivity contribution is 7.99. The second kappa shape index (κ2) is 8.91. The van der Waals surface area contributed by atoms with E-state index in [2.05, 4.69) is 84.6 Å². The number of ketones is 1. The molecule has 198 valence electrons. The molecule has 0 radical (unpaired) electrons. The van der Waals surface area contributed by atoms with Crippen LogP contribution in [0.4, 0.5) is 5.69 Å². The Morgan fingerprint density at radius 1 is 0.949 bits per heavy atom. The highest BCUT2D eigenvalue weighted by Crippen LogP contribution is 2.68. The van der Waals surface area contributed by atoms with Gasteiger partial charge in [-0.25, -0.2) is 0 Å². The summed E-state index contributed by atoms with van der Waals surface area (Å²) in [6, 6.07) is 24.8. The van der Waals surface area contributed by atoms with E-state index in [1.54, 1.807) is 0 Å². The summed E-state index contributed by atoms with van der Waals surface area (Å²) in [5, 5.41) is 3.23. The van der Waals surface area contributed by atoms with Crippen LogP contribution in [-0.4, -0.2) is 59.3 Å². The number of carbonyl (C=O) groups is 2. The lowest BCUT2D eigenvalue weighted by Gasteiger charge is -2.51. The Morgan fingerprint density at radius 3 is 2.46 bits per heavy atom. The molecular weight excluding hydrogens is 502 g/mol. The number of Topliss-reactive ketones (excluding diaryl/α,β-unsaturated/α-hetero) is 1. The lowest BCUT2D eigenvalue weighted by Crippen LogP contribution is -2.65. The van der Waals surface area contributed by atoms with Crippen molar-refractivity contribution in [1.82, 2.24) is 9.80 Å². The third-order valence-electron chi connectivity index (χ3n) is 9.50. The minimum atomic E-state index is -1.08. The van der Waals surface area contributed by atoms with Crippen LogP contribution in [0.3, 0.4) is 0 Å². The molecule has 3 saturated heterocycles. The van der Waals surface area contributed by atoms with E-state index in [4.69, 9.17) is 0 Å². The number of carbonyl (C=O) groups excluding carboxylic acids is 2. The Bertz CT molecular complexity index is 1550.